The van der Waals surface area contributed by atoms with Crippen molar-refractivity contribution in [3.05, 3.63) is 35.4 Å². The van der Waals surface area contributed by atoms with Gasteiger partial charge in [0.1, 0.15) is 0 Å². The van der Waals surface area contributed by atoms with Crippen LogP contribution in [0.1, 0.15) is 31.9 Å². The van der Waals surface area contributed by atoms with Gasteiger partial charge in [-0.1, -0.05) is 29.8 Å². The first-order chi connectivity index (χ1) is 7.87. The fourth-order valence-electron chi connectivity index (χ4n) is 1.60. The second-order valence-electron chi connectivity index (χ2n) is 5.45. The minimum atomic E-state index is -0.776. The zero-order chi connectivity index (χ0) is 12.9. The van der Waals surface area contributed by atoms with E-state index in [1.807, 2.05) is 12.1 Å². The lowest BCUT2D eigenvalue weighted by Crippen LogP contribution is -2.38. The Hall–Kier alpha value is -0.670. The molecule has 0 bridgehead atoms. The van der Waals surface area contributed by atoms with Gasteiger partial charge in [-0.25, -0.2) is 0 Å². The van der Waals surface area contributed by atoms with Gasteiger partial charge in [-0.15, -0.1) is 0 Å². The summed E-state index contributed by atoms with van der Waals surface area (Å²) in [6, 6.07) is 8.24. The normalized spacial score (nSPS) is 13.6. The molecule has 96 valence electrons. The molecule has 2 nitrogen and oxygen atoms in total. The third-order valence-electron chi connectivity index (χ3n) is 2.40. The van der Waals surface area contributed by atoms with Crippen molar-refractivity contribution in [2.24, 2.45) is 0 Å². The number of hydrogen-bond donors (Lipinski definition) is 1. The van der Waals surface area contributed by atoms with Crippen molar-refractivity contribution in [1.82, 2.24) is 5.32 Å². The SMILES string of the molecule is Cc1cccc(CS(=O)CCNC(C)(C)C)c1. The summed E-state index contributed by atoms with van der Waals surface area (Å²) in [4.78, 5) is 0. The molecule has 17 heavy (non-hydrogen) atoms. The maximum atomic E-state index is 11.9. The van der Waals surface area contributed by atoms with Crippen molar-refractivity contribution < 1.29 is 4.21 Å². The topological polar surface area (TPSA) is 29.1 Å². The van der Waals surface area contributed by atoms with Crippen LogP contribution in [0.3, 0.4) is 0 Å². The lowest BCUT2D eigenvalue weighted by atomic mass is 10.1. The van der Waals surface area contributed by atoms with Crippen LogP contribution in [0.2, 0.25) is 0 Å². The van der Waals surface area contributed by atoms with Gasteiger partial charge in [0.2, 0.25) is 0 Å². The molecule has 1 rings (SSSR count). The highest BCUT2D eigenvalue weighted by atomic mass is 32.2. The van der Waals surface area contributed by atoms with Crippen molar-refractivity contribution in [3.63, 3.8) is 0 Å². The molecule has 0 aliphatic rings. The number of hydrogen-bond acceptors (Lipinski definition) is 2. The highest BCUT2D eigenvalue weighted by Crippen LogP contribution is 2.07. The summed E-state index contributed by atoms with van der Waals surface area (Å²) >= 11 is 0. The Balaban J connectivity index is 2.35. The summed E-state index contributed by atoms with van der Waals surface area (Å²) in [7, 11) is -0.776. The first-order valence-electron chi connectivity index (χ1n) is 6.02. The van der Waals surface area contributed by atoms with E-state index in [9.17, 15) is 4.21 Å². The van der Waals surface area contributed by atoms with Crippen LogP contribution in [-0.4, -0.2) is 22.0 Å². The molecule has 0 amide bonds. The molecule has 1 unspecified atom stereocenters. The average molecular weight is 253 g/mol. The molecule has 0 aromatic heterocycles. The molecule has 1 N–H and O–H groups in total. The molecular weight excluding hydrogens is 230 g/mol. The Bertz CT molecular complexity index is 382. The third-order valence-corrected chi connectivity index (χ3v) is 3.71. The van der Waals surface area contributed by atoms with Crippen LogP contribution in [0.4, 0.5) is 0 Å². The zero-order valence-electron chi connectivity index (χ0n) is 11.2. The summed E-state index contributed by atoms with van der Waals surface area (Å²) in [5, 5.41) is 3.36. The quantitative estimate of drug-likeness (QED) is 0.874. The number of aryl methyl sites for hydroxylation is 1. The summed E-state index contributed by atoms with van der Waals surface area (Å²) in [6.07, 6.45) is 0. The molecule has 1 aromatic rings. The van der Waals surface area contributed by atoms with Crippen LogP contribution in [0.5, 0.6) is 0 Å². The molecule has 0 saturated carbocycles. The van der Waals surface area contributed by atoms with Crippen molar-refractivity contribution >= 4 is 10.8 Å². The van der Waals surface area contributed by atoms with Crippen molar-refractivity contribution in [1.29, 1.82) is 0 Å². The van der Waals surface area contributed by atoms with E-state index in [4.69, 9.17) is 0 Å². The first-order valence-corrected chi connectivity index (χ1v) is 7.51. The maximum Gasteiger partial charge on any atom is 0.0486 e. The van der Waals surface area contributed by atoms with E-state index in [-0.39, 0.29) is 5.54 Å². The van der Waals surface area contributed by atoms with E-state index in [1.165, 1.54) is 11.1 Å². The minimum Gasteiger partial charge on any atom is -0.311 e. The average Bonchev–Trinajstić information content (AvgIpc) is 2.15. The van der Waals surface area contributed by atoms with Crippen molar-refractivity contribution in [2.75, 3.05) is 12.3 Å². The predicted molar refractivity (Wildman–Crippen MR) is 75.6 cm³/mol. The van der Waals surface area contributed by atoms with Gasteiger partial charge in [0.25, 0.3) is 0 Å². The van der Waals surface area contributed by atoms with Crippen LogP contribution in [-0.2, 0) is 16.6 Å². The summed E-state index contributed by atoms with van der Waals surface area (Å²) in [5.74, 6) is 1.37. The Morgan fingerprint density at radius 3 is 2.59 bits per heavy atom. The summed E-state index contributed by atoms with van der Waals surface area (Å²) < 4.78 is 11.9. The van der Waals surface area contributed by atoms with Crippen molar-refractivity contribution in [2.45, 2.75) is 39.0 Å². The monoisotopic (exact) mass is 253 g/mol. The second-order valence-corrected chi connectivity index (χ2v) is 7.03. The number of rotatable bonds is 5. The Morgan fingerprint density at radius 1 is 1.29 bits per heavy atom. The lowest BCUT2D eigenvalue weighted by Gasteiger charge is -2.20. The molecule has 0 aliphatic heterocycles. The predicted octanol–water partition coefficient (Wildman–Crippen LogP) is 2.63. The minimum absolute atomic E-state index is 0.105. The number of nitrogens with one attached hydrogen (secondary N) is 1. The molecule has 3 heteroatoms. The Morgan fingerprint density at radius 2 is 2.00 bits per heavy atom. The van der Waals surface area contributed by atoms with Gasteiger partial charge >= 0.3 is 0 Å². The molecule has 1 atom stereocenters. The van der Waals surface area contributed by atoms with Crippen LogP contribution in [0.25, 0.3) is 0 Å². The smallest absolute Gasteiger partial charge is 0.0486 e. The molecule has 0 spiro atoms. The highest BCUT2D eigenvalue weighted by Gasteiger charge is 2.09. The molecule has 1 aromatic carbocycles. The number of benzene rings is 1. The zero-order valence-corrected chi connectivity index (χ0v) is 12.1. The fourth-order valence-corrected chi connectivity index (χ4v) is 2.63. The van der Waals surface area contributed by atoms with E-state index >= 15 is 0 Å². The van der Waals surface area contributed by atoms with Gasteiger partial charge < -0.3 is 5.32 Å². The maximum absolute atomic E-state index is 11.9. The van der Waals surface area contributed by atoms with Gasteiger partial charge in [-0.2, -0.15) is 0 Å². The van der Waals surface area contributed by atoms with Gasteiger partial charge in [0.05, 0.1) is 0 Å². The standard InChI is InChI=1S/C14H23NOS/c1-12-6-5-7-13(10-12)11-17(16)9-8-15-14(2,3)4/h5-7,10,15H,8-9,11H2,1-4H3. The van der Waals surface area contributed by atoms with Crippen LogP contribution < -0.4 is 5.32 Å². The molecule has 0 saturated heterocycles. The van der Waals surface area contributed by atoms with Gasteiger partial charge in [-0.3, -0.25) is 4.21 Å². The molecule has 0 aliphatic carbocycles. The second kappa shape index (κ2) is 6.31. The fraction of sp³-hybridized carbons (Fsp3) is 0.571. The first kappa shape index (κ1) is 14.4. The molecule has 0 radical (unpaired) electrons. The van der Waals surface area contributed by atoms with Gasteiger partial charge in [-0.05, 0) is 33.3 Å². The molecule has 0 heterocycles. The van der Waals surface area contributed by atoms with E-state index in [0.717, 1.165) is 6.54 Å². The lowest BCUT2D eigenvalue weighted by molar-refractivity contribution is 0.440. The highest BCUT2D eigenvalue weighted by molar-refractivity contribution is 7.84. The van der Waals surface area contributed by atoms with Crippen LogP contribution in [0, 0.1) is 6.92 Å². The van der Waals surface area contributed by atoms with E-state index in [0.29, 0.717) is 11.5 Å². The van der Waals surface area contributed by atoms with E-state index < -0.39 is 10.8 Å². The Labute approximate surface area is 107 Å². The van der Waals surface area contributed by atoms with Gasteiger partial charge in [0.15, 0.2) is 0 Å². The Kier molecular flexibility index (Phi) is 5.34. The third kappa shape index (κ3) is 6.59. The largest absolute Gasteiger partial charge is 0.311 e. The van der Waals surface area contributed by atoms with Crippen LogP contribution in [0.15, 0.2) is 24.3 Å². The van der Waals surface area contributed by atoms with Crippen LogP contribution >= 0.6 is 0 Å². The van der Waals surface area contributed by atoms with E-state index in [2.05, 4.69) is 45.1 Å². The summed E-state index contributed by atoms with van der Waals surface area (Å²) in [6.45, 7) is 9.24. The van der Waals surface area contributed by atoms with Crippen molar-refractivity contribution in [3.8, 4) is 0 Å². The molecular formula is C14H23NOS. The van der Waals surface area contributed by atoms with E-state index in [1.54, 1.807) is 0 Å². The van der Waals surface area contributed by atoms with Gasteiger partial charge in [0, 0.05) is 34.4 Å². The summed E-state index contributed by atoms with van der Waals surface area (Å²) in [5.41, 5.74) is 2.50. The molecule has 0 fully saturated rings.